The number of anilines is 1. The number of ether oxygens (including phenoxy) is 2. The highest BCUT2D eigenvalue weighted by Gasteiger charge is 2.25. The van der Waals surface area contributed by atoms with Crippen molar-refractivity contribution in [2.45, 2.75) is 0 Å². The maximum atomic E-state index is 12.9. The van der Waals surface area contributed by atoms with E-state index < -0.39 is 0 Å². The molecule has 2 aliphatic heterocycles. The second-order valence-corrected chi connectivity index (χ2v) is 6.91. The lowest BCUT2D eigenvalue weighted by molar-refractivity contribution is 0.0746. The zero-order valence-corrected chi connectivity index (χ0v) is 15.2. The average molecular weight is 377 g/mol. The fourth-order valence-corrected chi connectivity index (χ4v) is 3.81. The van der Waals surface area contributed by atoms with Gasteiger partial charge in [-0.2, -0.15) is 0 Å². The number of rotatable bonds is 2. The van der Waals surface area contributed by atoms with Gasteiger partial charge in [-0.1, -0.05) is 18.2 Å². The number of aromatic amines is 1. The molecule has 1 saturated heterocycles. The lowest BCUT2D eigenvalue weighted by Gasteiger charge is -2.36. The topological polar surface area (TPSA) is 74.9 Å². The summed E-state index contributed by atoms with van der Waals surface area (Å²) in [5.41, 5.74) is 2.21. The normalized spacial score (nSPS) is 15.9. The largest absolute Gasteiger partial charge is 0.454 e. The van der Waals surface area contributed by atoms with E-state index in [4.69, 9.17) is 9.47 Å². The van der Waals surface area contributed by atoms with Crippen molar-refractivity contribution in [2.75, 3.05) is 37.9 Å². The summed E-state index contributed by atoms with van der Waals surface area (Å²) < 4.78 is 10.7. The predicted molar refractivity (Wildman–Crippen MR) is 105 cm³/mol. The van der Waals surface area contributed by atoms with E-state index in [1.165, 1.54) is 0 Å². The van der Waals surface area contributed by atoms with Crippen LogP contribution in [0.25, 0.3) is 10.9 Å². The minimum absolute atomic E-state index is 0.0197. The summed E-state index contributed by atoms with van der Waals surface area (Å²) in [4.78, 5) is 31.8. The minimum atomic E-state index is -0.118. The average Bonchev–Trinajstić information content (AvgIpc) is 3.20. The number of nitrogens with one attached hydrogen (secondary N) is 1. The molecular weight excluding hydrogens is 358 g/mol. The number of aromatic nitrogens is 1. The Morgan fingerprint density at radius 1 is 0.929 bits per heavy atom. The van der Waals surface area contributed by atoms with Crippen LogP contribution in [0.4, 0.5) is 5.69 Å². The van der Waals surface area contributed by atoms with Crippen LogP contribution in [0, 0.1) is 0 Å². The quantitative estimate of drug-likeness (QED) is 0.741. The van der Waals surface area contributed by atoms with E-state index in [1.807, 2.05) is 29.2 Å². The number of hydrogen-bond donors (Lipinski definition) is 1. The summed E-state index contributed by atoms with van der Waals surface area (Å²) in [5.74, 6) is 1.26. The molecule has 0 atom stereocenters. The molecule has 1 amide bonds. The fourth-order valence-electron chi connectivity index (χ4n) is 3.81. The molecule has 2 aromatic carbocycles. The van der Waals surface area contributed by atoms with Crippen molar-refractivity contribution in [3.05, 3.63) is 64.4 Å². The van der Waals surface area contributed by atoms with Gasteiger partial charge in [0.2, 0.25) is 12.4 Å². The van der Waals surface area contributed by atoms with E-state index in [-0.39, 0.29) is 18.3 Å². The molecular formula is C21H19N3O4. The molecule has 7 nitrogen and oxygen atoms in total. The Bertz CT molecular complexity index is 1120. The number of piperazine rings is 1. The molecule has 5 rings (SSSR count). The first-order valence-corrected chi connectivity index (χ1v) is 9.25. The SMILES string of the molecule is O=C(c1ccc2c(c1)OCO2)N1CCN(c2cc(=O)[nH]c3ccccc23)CC1. The number of carbonyl (C=O) groups is 1. The summed E-state index contributed by atoms with van der Waals surface area (Å²) in [6.45, 7) is 2.71. The Balaban J connectivity index is 1.34. The number of benzene rings is 2. The van der Waals surface area contributed by atoms with Crippen molar-refractivity contribution in [3.8, 4) is 11.5 Å². The summed E-state index contributed by atoms with van der Waals surface area (Å²) in [6.07, 6.45) is 0. The zero-order valence-electron chi connectivity index (χ0n) is 15.2. The van der Waals surface area contributed by atoms with Crippen LogP contribution in [0.5, 0.6) is 11.5 Å². The molecule has 0 saturated carbocycles. The van der Waals surface area contributed by atoms with Crippen LogP contribution < -0.4 is 19.9 Å². The van der Waals surface area contributed by atoms with Gasteiger partial charge in [0.05, 0.1) is 11.2 Å². The highest BCUT2D eigenvalue weighted by atomic mass is 16.7. The Kier molecular flexibility index (Phi) is 3.93. The molecule has 7 heteroatoms. The number of para-hydroxylation sites is 1. The van der Waals surface area contributed by atoms with Crippen molar-refractivity contribution < 1.29 is 14.3 Å². The van der Waals surface area contributed by atoms with Crippen LogP contribution in [0.3, 0.4) is 0 Å². The van der Waals surface area contributed by atoms with Crippen LogP contribution in [0.15, 0.2) is 53.3 Å². The minimum Gasteiger partial charge on any atom is -0.454 e. The van der Waals surface area contributed by atoms with E-state index in [1.54, 1.807) is 24.3 Å². The molecule has 142 valence electrons. The molecule has 28 heavy (non-hydrogen) atoms. The molecule has 1 fully saturated rings. The Morgan fingerprint density at radius 3 is 2.57 bits per heavy atom. The molecule has 0 aliphatic carbocycles. The second-order valence-electron chi connectivity index (χ2n) is 6.91. The van der Waals surface area contributed by atoms with Crippen LogP contribution in [-0.4, -0.2) is 48.8 Å². The highest BCUT2D eigenvalue weighted by Crippen LogP contribution is 2.33. The van der Waals surface area contributed by atoms with Crippen molar-refractivity contribution >= 4 is 22.5 Å². The van der Waals surface area contributed by atoms with E-state index in [9.17, 15) is 9.59 Å². The number of H-pyrrole nitrogens is 1. The highest BCUT2D eigenvalue weighted by molar-refractivity contribution is 5.95. The van der Waals surface area contributed by atoms with Crippen LogP contribution in [0.2, 0.25) is 0 Å². The number of fused-ring (bicyclic) bond motifs is 2. The van der Waals surface area contributed by atoms with Crippen molar-refractivity contribution in [2.24, 2.45) is 0 Å². The van der Waals surface area contributed by atoms with Crippen LogP contribution >= 0.6 is 0 Å². The van der Waals surface area contributed by atoms with Gasteiger partial charge in [-0.05, 0) is 24.3 Å². The van der Waals surface area contributed by atoms with Crippen LogP contribution in [-0.2, 0) is 0 Å². The number of nitrogens with zero attached hydrogens (tertiary/aromatic N) is 2. The van der Waals surface area contributed by atoms with Crippen molar-refractivity contribution in [1.82, 2.24) is 9.88 Å². The van der Waals surface area contributed by atoms with Gasteiger partial charge in [-0.3, -0.25) is 9.59 Å². The first-order valence-electron chi connectivity index (χ1n) is 9.25. The summed E-state index contributed by atoms with van der Waals surface area (Å²) in [5, 5.41) is 1.01. The first-order chi connectivity index (χ1) is 13.7. The fraction of sp³-hybridized carbons (Fsp3) is 0.238. The maximum Gasteiger partial charge on any atom is 0.254 e. The number of amides is 1. The Morgan fingerprint density at radius 2 is 1.71 bits per heavy atom. The standard InChI is InChI=1S/C21H19N3O4/c25-20-12-17(15-3-1-2-4-16(15)22-20)23-7-9-24(10-8-23)21(26)14-5-6-18-19(11-14)28-13-27-18/h1-6,11-12H,7-10,13H2,(H,22,25). The third-order valence-electron chi connectivity index (χ3n) is 5.26. The lowest BCUT2D eigenvalue weighted by Crippen LogP contribution is -2.49. The summed E-state index contributed by atoms with van der Waals surface area (Å²) in [6, 6.07) is 14.7. The molecule has 3 aromatic rings. The summed E-state index contributed by atoms with van der Waals surface area (Å²) >= 11 is 0. The van der Waals surface area contributed by atoms with Gasteiger partial charge in [0.25, 0.3) is 5.91 Å². The predicted octanol–water partition coefficient (Wildman–Crippen LogP) is 2.22. The molecule has 0 radical (unpaired) electrons. The molecule has 3 heterocycles. The Hall–Kier alpha value is -3.48. The summed E-state index contributed by atoms with van der Waals surface area (Å²) in [7, 11) is 0. The number of pyridine rings is 1. The van der Waals surface area contributed by atoms with E-state index in [0.717, 1.165) is 16.6 Å². The van der Waals surface area contributed by atoms with E-state index in [2.05, 4.69) is 9.88 Å². The van der Waals surface area contributed by atoms with Gasteiger partial charge in [0.1, 0.15) is 0 Å². The molecule has 0 spiro atoms. The van der Waals surface area contributed by atoms with E-state index in [0.29, 0.717) is 43.2 Å². The monoisotopic (exact) mass is 377 g/mol. The first kappa shape index (κ1) is 16.7. The van der Waals surface area contributed by atoms with Gasteiger partial charge >= 0.3 is 0 Å². The molecule has 2 aliphatic rings. The third kappa shape index (κ3) is 2.85. The van der Waals surface area contributed by atoms with Gasteiger partial charge in [-0.25, -0.2) is 0 Å². The van der Waals surface area contributed by atoms with Gasteiger partial charge in [-0.15, -0.1) is 0 Å². The maximum absolute atomic E-state index is 12.9. The third-order valence-corrected chi connectivity index (χ3v) is 5.26. The molecule has 1 N–H and O–H groups in total. The zero-order chi connectivity index (χ0) is 19.1. The van der Waals surface area contributed by atoms with Crippen molar-refractivity contribution in [1.29, 1.82) is 0 Å². The van der Waals surface area contributed by atoms with Crippen molar-refractivity contribution in [3.63, 3.8) is 0 Å². The second kappa shape index (κ2) is 6.60. The van der Waals surface area contributed by atoms with Gasteiger partial charge in [0.15, 0.2) is 11.5 Å². The van der Waals surface area contributed by atoms with E-state index >= 15 is 0 Å². The molecule has 1 aromatic heterocycles. The number of hydrogen-bond acceptors (Lipinski definition) is 5. The Labute approximate surface area is 161 Å². The lowest BCUT2D eigenvalue weighted by atomic mass is 10.1. The van der Waals surface area contributed by atoms with Crippen LogP contribution in [0.1, 0.15) is 10.4 Å². The van der Waals surface area contributed by atoms with Gasteiger partial charge < -0.3 is 24.3 Å². The molecule has 0 unspecified atom stereocenters. The molecule has 0 bridgehead atoms. The number of carbonyl (C=O) groups excluding carboxylic acids is 1. The smallest absolute Gasteiger partial charge is 0.254 e. The van der Waals surface area contributed by atoms with Gasteiger partial charge in [0, 0.05) is 43.2 Å².